The van der Waals surface area contributed by atoms with E-state index in [9.17, 15) is 0 Å². The van der Waals surface area contributed by atoms with Crippen molar-refractivity contribution >= 4 is 17.3 Å². The Bertz CT molecular complexity index is 337. The van der Waals surface area contributed by atoms with Crippen LogP contribution in [0.15, 0.2) is 24.3 Å². The zero-order valence-corrected chi connectivity index (χ0v) is 11.1. The third-order valence-electron chi connectivity index (χ3n) is 3.63. The van der Waals surface area contributed by atoms with Crippen LogP contribution in [0.1, 0.15) is 25.7 Å². The van der Waals surface area contributed by atoms with Crippen molar-refractivity contribution in [3.05, 3.63) is 29.3 Å². The van der Waals surface area contributed by atoms with Crippen molar-refractivity contribution in [3.63, 3.8) is 0 Å². The third kappa shape index (κ3) is 3.90. The summed E-state index contributed by atoms with van der Waals surface area (Å²) in [6.07, 6.45) is 5.31. The molecule has 3 heteroatoms. The van der Waals surface area contributed by atoms with E-state index in [4.69, 9.17) is 11.6 Å². The molecule has 2 atom stereocenters. The first-order valence-electron chi connectivity index (χ1n) is 6.44. The fourth-order valence-electron chi connectivity index (χ4n) is 2.57. The average molecular weight is 253 g/mol. The van der Waals surface area contributed by atoms with E-state index in [-0.39, 0.29) is 0 Å². The van der Waals surface area contributed by atoms with Gasteiger partial charge < -0.3 is 10.6 Å². The molecule has 0 aromatic heterocycles. The SMILES string of the molecule is CNC1CCCC(CNc2ccc(Cl)cc2)C1. The lowest BCUT2D eigenvalue weighted by atomic mass is 9.86. The lowest BCUT2D eigenvalue weighted by Gasteiger charge is -2.29. The van der Waals surface area contributed by atoms with Crippen molar-refractivity contribution in [1.29, 1.82) is 0 Å². The molecule has 1 fully saturated rings. The highest BCUT2D eigenvalue weighted by atomic mass is 35.5. The van der Waals surface area contributed by atoms with Crippen LogP contribution in [-0.2, 0) is 0 Å². The Balaban J connectivity index is 1.79. The van der Waals surface area contributed by atoms with E-state index in [1.807, 2.05) is 24.3 Å². The van der Waals surface area contributed by atoms with Crippen LogP contribution in [0.4, 0.5) is 5.69 Å². The molecule has 1 saturated carbocycles. The standard InChI is InChI=1S/C14H21ClN2/c1-16-14-4-2-3-11(9-14)10-17-13-7-5-12(15)6-8-13/h5-8,11,14,16-17H,2-4,9-10H2,1H3. The second-order valence-corrected chi connectivity index (χ2v) is 5.34. The summed E-state index contributed by atoms with van der Waals surface area (Å²) >= 11 is 5.86. The lowest BCUT2D eigenvalue weighted by molar-refractivity contribution is 0.306. The van der Waals surface area contributed by atoms with Gasteiger partial charge in [-0.1, -0.05) is 18.0 Å². The minimum atomic E-state index is 0.709. The Morgan fingerprint density at radius 3 is 2.71 bits per heavy atom. The van der Waals surface area contributed by atoms with Crippen molar-refractivity contribution in [2.24, 2.45) is 5.92 Å². The first-order chi connectivity index (χ1) is 8.28. The number of anilines is 1. The molecular weight excluding hydrogens is 232 g/mol. The summed E-state index contributed by atoms with van der Waals surface area (Å²) in [5, 5.41) is 7.69. The summed E-state index contributed by atoms with van der Waals surface area (Å²) in [6.45, 7) is 1.07. The van der Waals surface area contributed by atoms with Gasteiger partial charge in [0.2, 0.25) is 0 Å². The molecule has 94 valence electrons. The van der Waals surface area contributed by atoms with Crippen LogP contribution in [0.3, 0.4) is 0 Å². The van der Waals surface area contributed by atoms with E-state index in [2.05, 4.69) is 17.7 Å². The molecule has 2 unspecified atom stereocenters. The molecule has 1 aromatic rings. The highest BCUT2D eigenvalue weighted by Gasteiger charge is 2.20. The Labute approximate surface area is 109 Å². The Morgan fingerprint density at radius 2 is 2.00 bits per heavy atom. The maximum atomic E-state index is 5.86. The Morgan fingerprint density at radius 1 is 1.24 bits per heavy atom. The van der Waals surface area contributed by atoms with Gasteiger partial charge in [-0.05, 0) is 56.5 Å². The normalized spacial score (nSPS) is 24.6. The molecule has 0 heterocycles. The molecular formula is C14H21ClN2. The van der Waals surface area contributed by atoms with Gasteiger partial charge in [0.1, 0.15) is 0 Å². The first-order valence-corrected chi connectivity index (χ1v) is 6.82. The molecule has 2 rings (SSSR count). The Kier molecular flexibility index (Phi) is 4.69. The van der Waals surface area contributed by atoms with Gasteiger partial charge in [0.15, 0.2) is 0 Å². The molecule has 17 heavy (non-hydrogen) atoms. The summed E-state index contributed by atoms with van der Waals surface area (Å²) in [5.41, 5.74) is 1.17. The largest absolute Gasteiger partial charge is 0.385 e. The molecule has 0 amide bonds. The van der Waals surface area contributed by atoms with Crippen molar-refractivity contribution < 1.29 is 0 Å². The number of hydrogen-bond donors (Lipinski definition) is 2. The van der Waals surface area contributed by atoms with Crippen LogP contribution < -0.4 is 10.6 Å². The van der Waals surface area contributed by atoms with Crippen LogP contribution in [0, 0.1) is 5.92 Å². The van der Waals surface area contributed by atoms with Crippen LogP contribution in [0.5, 0.6) is 0 Å². The van der Waals surface area contributed by atoms with Crippen molar-refractivity contribution in [2.45, 2.75) is 31.7 Å². The predicted molar refractivity (Wildman–Crippen MR) is 74.7 cm³/mol. The van der Waals surface area contributed by atoms with Gasteiger partial charge in [-0.3, -0.25) is 0 Å². The van der Waals surface area contributed by atoms with Gasteiger partial charge in [-0.25, -0.2) is 0 Å². The molecule has 0 saturated heterocycles. The van der Waals surface area contributed by atoms with Gasteiger partial charge in [0, 0.05) is 23.3 Å². The minimum Gasteiger partial charge on any atom is -0.385 e. The summed E-state index contributed by atoms with van der Waals surface area (Å²) in [7, 11) is 2.07. The zero-order valence-electron chi connectivity index (χ0n) is 10.4. The van der Waals surface area contributed by atoms with Gasteiger partial charge >= 0.3 is 0 Å². The van der Waals surface area contributed by atoms with Crippen LogP contribution in [-0.4, -0.2) is 19.6 Å². The van der Waals surface area contributed by atoms with E-state index in [0.29, 0.717) is 6.04 Å². The number of nitrogens with one attached hydrogen (secondary N) is 2. The second kappa shape index (κ2) is 6.27. The summed E-state index contributed by atoms with van der Waals surface area (Å²) < 4.78 is 0. The molecule has 1 aliphatic carbocycles. The van der Waals surface area contributed by atoms with Gasteiger partial charge in [-0.2, -0.15) is 0 Å². The molecule has 0 spiro atoms. The van der Waals surface area contributed by atoms with E-state index < -0.39 is 0 Å². The van der Waals surface area contributed by atoms with Gasteiger partial charge in [0.05, 0.1) is 0 Å². The second-order valence-electron chi connectivity index (χ2n) is 4.91. The summed E-state index contributed by atoms with van der Waals surface area (Å²) in [6, 6.07) is 8.66. The monoisotopic (exact) mass is 252 g/mol. The predicted octanol–water partition coefficient (Wildman–Crippen LogP) is 3.53. The van der Waals surface area contributed by atoms with E-state index >= 15 is 0 Å². The van der Waals surface area contributed by atoms with Crippen molar-refractivity contribution in [3.8, 4) is 0 Å². The fraction of sp³-hybridized carbons (Fsp3) is 0.571. The smallest absolute Gasteiger partial charge is 0.0407 e. The van der Waals surface area contributed by atoms with Gasteiger partial charge in [0.25, 0.3) is 0 Å². The lowest BCUT2D eigenvalue weighted by Crippen LogP contribution is -2.33. The number of rotatable bonds is 4. The fourth-order valence-corrected chi connectivity index (χ4v) is 2.69. The van der Waals surface area contributed by atoms with E-state index in [1.54, 1.807) is 0 Å². The first kappa shape index (κ1) is 12.7. The third-order valence-corrected chi connectivity index (χ3v) is 3.88. The van der Waals surface area contributed by atoms with Crippen molar-refractivity contribution in [2.75, 3.05) is 18.9 Å². The Hall–Kier alpha value is -0.730. The number of benzene rings is 1. The maximum Gasteiger partial charge on any atom is 0.0407 e. The van der Waals surface area contributed by atoms with Gasteiger partial charge in [-0.15, -0.1) is 0 Å². The molecule has 0 radical (unpaired) electrons. The van der Waals surface area contributed by atoms with Crippen LogP contribution in [0.25, 0.3) is 0 Å². The topological polar surface area (TPSA) is 24.1 Å². The molecule has 1 aromatic carbocycles. The summed E-state index contributed by atoms with van der Waals surface area (Å²) in [5.74, 6) is 0.789. The molecule has 1 aliphatic rings. The zero-order chi connectivity index (χ0) is 12.1. The van der Waals surface area contributed by atoms with E-state index in [1.165, 1.54) is 31.4 Å². The van der Waals surface area contributed by atoms with E-state index in [0.717, 1.165) is 17.5 Å². The molecule has 0 bridgehead atoms. The number of hydrogen-bond acceptors (Lipinski definition) is 2. The van der Waals surface area contributed by atoms with Crippen LogP contribution in [0.2, 0.25) is 5.02 Å². The molecule has 2 N–H and O–H groups in total. The highest BCUT2D eigenvalue weighted by Crippen LogP contribution is 2.24. The van der Waals surface area contributed by atoms with Crippen molar-refractivity contribution in [1.82, 2.24) is 5.32 Å². The maximum absolute atomic E-state index is 5.86. The molecule has 0 aliphatic heterocycles. The number of halogens is 1. The van der Waals surface area contributed by atoms with Crippen LogP contribution >= 0.6 is 11.6 Å². The quantitative estimate of drug-likeness (QED) is 0.857. The average Bonchev–Trinajstić information content (AvgIpc) is 2.38. The highest BCUT2D eigenvalue weighted by molar-refractivity contribution is 6.30. The molecule has 2 nitrogen and oxygen atoms in total. The summed E-state index contributed by atoms with van der Waals surface area (Å²) in [4.78, 5) is 0. The minimum absolute atomic E-state index is 0.709.